The quantitative estimate of drug-likeness (QED) is 0.724. The van der Waals surface area contributed by atoms with Crippen molar-refractivity contribution in [2.24, 2.45) is 0 Å². The average Bonchev–Trinajstić information content (AvgIpc) is 2.84. The van der Waals surface area contributed by atoms with Crippen LogP contribution in [0.25, 0.3) is 0 Å². The molecule has 0 aromatic heterocycles. The summed E-state index contributed by atoms with van der Waals surface area (Å²) in [5, 5.41) is 3.48. The van der Waals surface area contributed by atoms with Crippen molar-refractivity contribution in [1.29, 1.82) is 0 Å². The molecular formula is C13H26N2OS. The molecule has 1 aliphatic rings. The van der Waals surface area contributed by atoms with Crippen molar-refractivity contribution < 1.29 is 4.79 Å². The number of carbonyl (C=O) groups excluding carboxylic acids is 1. The summed E-state index contributed by atoms with van der Waals surface area (Å²) in [6.07, 6.45) is 7.51. The highest BCUT2D eigenvalue weighted by molar-refractivity contribution is 7.98. The van der Waals surface area contributed by atoms with E-state index >= 15 is 0 Å². The van der Waals surface area contributed by atoms with Crippen LogP contribution in [0.3, 0.4) is 0 Å². The van der Waals surface area contributed by atoms with Crippen LogP contribution in [0.15, 0.2) is 0 Å². The minimum absolute atomic E-state index is 0.335. The van der Waals surface area contributed by atoms with Crippen molar-refractivity contribution in [1.82, 2.24) is 10.2 Å². The molecule has 1 rings (SSSR count). The largest absolute Gasteiger partial charge is 0.341 e. The van der Waals surface area contributed by atoms with Gasteiger partial charge in [0.05, 0.1) is 0 Å². The Bertz CT molecular complexity index is 217. The number of nitrogens with zero attached hydrogens (tertiary/aromatic N) is 1. The zero-order valence-electron chi connectivity index (χ0n) is 11.2. The fourth-order valence-corrected chi connectivity index (χ4v) is 2.57. The summed E-state index contributed by atoms with van der Waals surface area (Å²) in [7, 11) is 0. The minimum Gasteiger partial charge on any atom is -0.341 e. The molecule has 0 radical (unpaired) electrons. The molecule has 3 nitrogen and oxygen atoms in total. The number of amides is 1. The van der Waals surface area contributed by atoms with Gasteiger partial charge in [0, 0.05) is 31.3 Å². The first kappa shape index (κ1) is 14.8. The summed E-state index contributed by atoms with van der Waals surface area (Å²) in [6.45, 7) is 5.14. The Morgan fingerprint density at radius 3 is 2.94 bits per heavy atom. The molecule has 1 unspecified atom stereocenters. The molecule has 0 aromatic rings. The predicted molar refractivity (Wildman–Crippen MR) is 75.5 cm³/mol. The van der Waals surface area contributed by atoms with E-state index in [-0.39, 0.29) is 0 Å². The van der Waals surface area contributed by atoms with Gasteiger partial charge in [-0.25, -0.2) is 0 Å². The van der Waals surface area contributed by atoms with Gasteiger partial charge < -0.3 is 10.2 Å². The number of nitrogens with one attached hydrogen (secondary N) is 1. The van der Waals surface area contributed by atoms with Gasteiger partial charge in [0.15, 0.2) is 0 Å². The fourth-order valence-electron chi connectivity index (χ4n) is 2.19. The second-order valence-electron chi connectivity index (χ2n) is 4.73. The van der Waals surface area contributed by atoms with Crippen LogP contribution in [-0.2, 0) is 4.79 Å². The monoisotopic (exact) mass is 258 g/mol. The number of carbonyl (C=O) groups is 1. The van der Waals surface area contributed by atoms with Crippen LogP contribution in [0.2, 0.25) is 0 Å². The number of rotatable bonds is 8. The van der Waals surface area contributed by atoms with Crippen LogP contribution in [-0.4, -0.2) is 48.5 Å². The van der Waals surface area contributed by atoms with E-state index in [0.29, 0.717) is 18.4 Å². The van der Waals surface area contributed by atoms with E-state index < -0.39 is 0 Å². The van der Waals surface area contributed by atoms with Crippen molar-refractivity contribution in [2.45, 2.75) is 45.1 Å². The third-order valence-corrected chi connectivity index (χ3v) is 3.87. The average molecular weight is 258 g/mol. The maximum absolute atomic E-state index is 12.1. The third kappa shape index (κ3) is 5.77. The van der Waals surface area contributed by atoms with E-state index in [4.69, 9.17) is 0 Å². The van der Waals surface area contributed by atoms with Crippen molar-refractivity contribution >= 4 is 17.7 Å². The smallest absolute Gasteiger partial charge is 0.223 e. The van der Waals surface area contributed by atoms with Crippen LogP contribution in [0.4, 0.5) is 0 Å². The highest BCUT2D eigenvalue weighted by Crippen LogP contribution is 2.10. The van der Waals surface area contributed by atoms with Gasteiger partial charge in [-0.3, -0.25) is 4.79 Å². The van der Waals surface area contributed by atoms with E-state index in [9.17, 15) is 4.79 Å². The summed E-state index contributed by atoms with van der Waals surface area (Å²) >= 11 is 1.75. The summed E-state index contributed by atoms with van der Waals surface area (Å²) in [5.41, 5.74) is 0. The first-order valence-corrected chi connectivity index (χ1v) is 8.17. The molecule has 1 atom stereocenters. The van der Waals surface area contributed by atoms with Gasteiger partial charge in [-0.05, 0) is 32.1 Å². The lowest BCUT2D eigenvalue weighted by Crippen LogP contribution is -2.41. The molecule has 1 N–H and O–H groups in total. The summed E-state index contributed by atoms with van der Waals surface area (Å²) in [4.78, 5) is 14.2. The van der Waals surface area contributed by atoms with Crippen LogP contribution in [0.5, 0.6) is 0 Å². The van der Waals surface area contributed by atoms with Crippen molar-refractivity contribution in [3.05, 3.63) is 0 Å². The lowest BCUT2D eigenvalue weighted by atomic mass is 10.2. The summed E-state index contributed by atoms with van der Waals surface area (Å²) in [6, 6.07) is 0.532. The Morgan fingerprint density at radius 2 is 2.35 bits per heavy atom. The zero-order chi connectivity index (χ0) is 12.5. The molecule has 0 spiro atoms. The highest BCUT2D eigenvalue weighted by atomic mass is 32.2. The number of hydrogen-bond acceptors (Lipinski definition) is 3. The molecule has 0 saturated carbocycles. The van der Waals surface area contributed by atoms with E-state index in [2.05, 4.69) is 23.4 Å². The molecule has 4 heteroatoms. The summed E-state index contributed by atoms with van der Waals surface area (Å²) in [5.74, 6) is 1.28. The molecular weight excluding hydrogens is 232 g/mol. The fraction of sp³-hybridized carbons (Fsp3) is 0.923. The molecule has 0 aromatic carbocycles. The number of hydrogen-bond donors (Lipinski definition) is 1. The van der Waals surface area contributed by atoms with Crippen molar-refractivity contribution in [2.75, 3.05) is 31.6 Å². The third-order valence-electron chi connectivity index (χ3n) is 3.26. The maximum Gasteiger partial charge on any atom is 0.223 e. The molecule has 0 aliphatic carbocycles. The lowest BCUT2D eigenvalue weighted by molar-refractivity contribution is -0.131. The second kappa shape index (κ2) is 8.81. The maximum atomic E-state index is 12.1. The van der Waals surface area contributed by atoms with Gasteiger partial charge in [-0.1, -0.05) is 13.3 Å². The molecule has 0 bridgehead atoms. The van der Waals surface area contributed by atoms with E-state index in [1.807, 2.05) is 0 Å². The van der Waals surface area contributed by atoms with Gasteiger partial charge in [0.25, 0.3) is 0 Å². The van der Waals surface area contributed by atoms with Gasteiger partial charge >= 0.3 is 0 Å². The number of unbranched alkanes of at least 4 members (excludes halogenated alkanes) is 1. The number of thioether (sulfide) groups is 1. The van der Waals surface area contributed by atoms with Crippen molar-refractivity contribution in [3.8, 4) is 0 Å². The Labute approximate surface area is 110 Å². The molecule has 1 aliphatic heterocycles. The first-order chi connectivity index (χ1) is 8.27. The Balaban J connectivity index is 2.37. The van der Waals surface area contributed by atoms with Gasteiger partial charge in [-0.2, -0.15) is 11.8 Å². The molecule has 100 valence electrons. The van der Waals surface area contributed by atoms with Crippen molar-refractivity contribution in [3.63, 3.8) is 0 Å². The molecule has 1 fully saturated rings. The van der Waals surface area contributed by atoms with Gasteiger partial charge in [0.1, 0.15) is 0 Å². The first-order valence-electron chi connectivity index (χ1n) is 6.78. The van der Waals surface area contributed by atoms with E-state index in [1.54, 1.807) is 11.8 Å². The topological polar surface area (TPSA) is 32.3 Å². The second-order valence-corrected chi connectivity index (χ2v) is 5.71. The standard InChI is InChI=1S/C13H26N2OS/c1-3-4-9-15(13(16)7-10-17-2)11-12-6-5-8-14-12/h12,14H,3-11H2,1-2H3. The molecule has 1 amide bonds. The SMILES string of the molecule is CCCCN(CC1CCCN1)C(=O)CCSC. The lowest BCUT2D eigenvalue weighted by Gasteiger charge is -2.26. The minimum atomic E-state index is 0.335. The van der Waals surface area contributed by atoms with Crippen LogP contribution in [0.1, 0.15) is 39.0 Å². The van der Waals surface area contributed by atoms with Gasteiger partial charge in [-0.15, -0.1) is 0 Å². The van der Waals surface area contributed by atoms with E-state index in [0.717, 1.165) is 38.2 Å². The Morgan fingerprint density at radius 1 is 1.53 bits per heavy atom. The zero-order valence-corrected chi connectivity index (χ0v) is 12.0. The Hall–Kier alpha value is -0.220. The van der Waals surface area contributed by atoms with Gasteiger partial charge in [0.2, 0.25) is 5.91 Å². The van der Waals surface area contributed by atoms with E-state index in [1.165, 1.54) is 12.8 Å². The molecule has 17 heavy (non-hydrogen) atoms. The predicted octanol–water partition coefficient (Wildman–Crippen LogP) is 2.12. The van der Waals surface area contributed by atoms with Crippen LogP contribution < -0.4 is 5.32 Å². The van der Waals surface area contributed by atoms with Crippen LogP contribution in [0, 0.1) is 0 Å². The summed E-state index contributed by atoms with van der Waals surface area (Å²) < 4.78 is 0. The molecule has 1 heterocycles. The molecule has 1 saturated heterocycles. The highest BCUT2D eigenvalue weighted by Gasteiger charge is 2.20. The van der Waals surface area contributed by atoms with Crippen LogP contribution >= 0.6 is 11.8 Å². The Kier molecular flexibility index (Phi) is 7.69. The normalized spacial score (nSPS) is 19.5.